The van der Waals surface area contributed by atoms with Crippen molar-refractivity contribution < 1.29 is 0 Å². The van der Waals surface area contributed by atoms with Crippen LogP contribution in [0.5, 0.6) is 0 Å². The van der Waals surface area contributed by atoms with E-state index in [1.54, 1.807) is 0 Å². The third-order valence-corrected chi connectivity index (χ3v) is 2.60. The normalized spacial score (nSPS) is 10.4. The summed E-state index contributed by atoms with van der Waals surface area (Å²) in [5.41, 5.74) is 7.82. The van der Waals surface area contributed by atoms with E-state index in [0.717, 1.165) is 12.2 Å². The molecule has 17 heavy (non-hydrogen) atoms. The van der Waals surface area contributed by atoms with E-state index in [4.69, 9.17) is 11.6 Å². The van der Waals surface area contributed by atoms with Crippen molar-refractivity contribution in [1.29, 1.82) is 0 Å². The molecule has 0 amide bonds. The number of nitrogen functional groups attached to an aromatic ring is 2. The van der Waals surface area contributed by atoms with Crippen molar-refractivity contribution in [2.45, 2.75) is 13.3 Å². The fourth-order valence-corrected chi connectivity index (χ4v) is 1.59. The van der Waals surface area contributed by atoms with E-state index >= 15 is 0 Å². The SMILES string of the molecule is Cc1ccccc1NCCc1nnc(N)n1N. The zero-order valence-corrected chi connectivity index (χ0v) is 9.72. The summed E-state index contributed by atoms with van der Waals surface area (Å²) >= 11 is 0. The van der Waals surface area contributed by atoms with Crippen molar-refractivity contribution in [2.75, 3.05) is 23.4 Å². The van der Waals surface area contributed by atoms with E-state index in [-0.39, 0.29) is 5.95 Å². The number of nitrogens with one attached hydrogen (secondary N) is 1. The molecule has 0 saturated heterocycles. The zero-order valence-electron chi connectivity index (χ0n) is 9.72. The molecule has 1 aromatic heterocycles. The van der Waals surface area contributed by atoms with Crippen LogP contribution in [0.4, 0.5) is 11.6 Å². The first kappa shape index (κ1) is 11.3. The van der Waals surface area contributed by atoms with Gasteiger partial charge in [-0.15, -0.1) is 10.2 Å². The average molecular weight is 232 g/mol. The molecule has 0 aliphatic rings. The van der Waals surface area contributed by atoms with E-state index in [9.17, 15) is 0 Å². The van der Waals surface area contributed by atoms with Crippen molar-refractivity contribution in [2.24, 2.45) is 0 Å². The van der Waals surface area contributed by atoms with Crippen molar-refractivity contribution in [3.63, 3.8) is 0 Å². The van der Waals surface area contributed by atoms with E-state index in [1.807, 2.05) is 18.2 Å². The zero-order chi connectivity index (χ0) is 12.3. The summed E-state index contributed by atoms with van der Waals surface area (Å²) in [5.74, 6) is 6.55. The van der Waals surface area contributed by atoms with Gasteiger partial charge in [-0.1, -0.05) is 18.2 Å². The molecule has 2 aromatic rings. The molecule has 0 spiro atoms. The van der Waals surface area contributed by atoms with Gasteiger partial charge in [-0.3, -0.25) is 0 Å². The first-order valence-corrected chi connectivity index (χ1v) is 5.43. The standard InChI is InChI=1S/C11H16N6/c1-8-4-2-3-5-9(8)14-7-6-10-15-16-11(12)17(10)13/h2-5,14H,6-7,13H2,1H3,(H2,12,16). The van der Waals surface area contributed by atoms with Gasteiger partial charge in [0.15, 0.2) is 5.82 Å². The van der Waals surface area contributed by atoms with Crippen LogP contribution in [0.25, 0.3) is 0 Å². The van der Waals surface area contributed by atoms with Crippen LogP contribution < -0.4 is 16.9 Å². The third kappa shape index (κ3) is 2.47. The van der Waals surface area contributed by atoms with Crippen LogP contribution in [-0.2, 0) is 6.42 Å². The van der Waals surface area contributed by atoms with E-state index in [1.165, 1.54) is 10.2 Å². The first-order chi connectivity index (χ1) is 8.18. The summed E-state index contributed by atoms with van der Waals surface area (Å²) in [4.78, 5) is 0. The summed E-state index contributed by atoms with van der Waals surface area (Å²) in [6.45, 7) is 2.80. The van der Waals surface area contributed by atoms with Crippen molar-refractivity contribution in [3.8, 4) is 0 Å². The molecule has 2 rings (SSSR count). The molecule has 0 aliphatic carbocycles. The second-order valence-corrected chi connectivity index (χ2v) is 3.84. The topological polar surface area (TPSA) is 94.8 Å². The number of hydrogen-bond donors (Lipinski definition) is 3. The predicted molar refractivity (Wildman–Crippen MR) is 68.0 cm³/mol. The Morgan fingerprint density at radius 2 is 2.06 bits per heavy atom. The number of para-hydroxylation sites is 1. The molecule has 1 aromatic carbocycles. The highest BCUT2D eigenvalue weighted by Crippen LogP contribution is 2.12. The smallest absolute Gasteiger partial charge is 0.240 e. The molecule has 0 unspecified atom stereocenters. The van der Waals surface area contributed by atoms with Gasteiger partial charge < -0.3 is 16.9 Å². The number of aryl methyl sites for hydroxylation is 1. The Hall–Kier alpha value is -2.24. The minimum absolute atomic E-state index is 0.232. The largest absolute Gasteiger partial charge is 0.384 e. The third-order valence-electron chi connectivity index (χ3n) is 2.60. The Bertz CT molecular complexity index is 504. The summed E-state index contributed by atoms with van der Waals surface area (Å²) in [6.07, 6.45) is 0.676. The quantitative estimate of drug-likeness (QED) is 0.669. The number of hydrogen-bond acceptors (Lipinski definition) is 5. The van der Waals surface area contributed by atoms with Crippen LogP contribution in [0, 0.1) is 6.92 Å². The number of aromatic nitrogens is 3. The Morgan fingerprint density at radius 3 is 2.71 bits per heavy atom. The highest BCUT2D eigenvalue weighted by Gasteiger charge is 2.05. The molecule has 0 atom stereocenters. The second kappa shape index (κ2) is 4.73. The van der Waals surface area contributed by atoms with Gasteiger partial charge in [-0.05, 0) is 18.6 Å². The molecular weight excluding hydrogens is 216 g/mol. The molecule has 0 radical (unpaired) electrons. The van der Waals surface area contributed by atoms with E-state index in [2.05, 4.69) is 28.5 Å². The van der Waals surface area contributed by atoms with Gasteiger partial charge in [0, 0.05) is 18.7 Å². The maximum atomic E-state index is 5.65. The van der Waals surface area contributed by atoms with Crippen molar-refractivity contribution >= 4 is 11.6 Å². The van der Waals surface area contributed by atoms with Gasteiger partial charge in [0.1, 0.15) is 0 Å². The Balaban J connectivity index is 1.92. The minimum Gasteiger partial charge on any atom is -0.384 e. The summed E-state index contributed by atoms with van der Waals surface area (Å²) in [7, 11) is 0. The maximum absolute atomic E-state index is 5.65. The monoisotopic (exact) mass is 232 g/mol. The van der Waals surface area contributed by atoms with Gasteiger partial charge in [0.2, 0.25) is 5.95 Å². The highest BCUT2D eigenvalue weighted by atomic mass is 15.4. The number of rotatable bonds is 4. The van der Waals surface area contributed by atoms with Gasteiger partial charge in [-0.2, -0.15) is 0 Å². The predicted octanol–water partition coefficient (Wildman–Crippen LogP) is 0.537. The van der Waals surface area contributed by atoms with E-state index < -0.39 is 0 Å². The number of nitrogens with zero attached hydrogens (tertiary/aromatic N) is 3. The highest BCUT2D eigenvalue weighted by molar-refractivity contribution is 5.50. The molecule has 5 N–H and O–H groups in total. The molecule has 6 nitrogen and oxygen atoms in total. The summed E-state index contributed by atoms with van der Waals surface area (Å²) < 4.78 is 1.31. The van der Waals surface area contributed by atoms with E-state index in [0.29, 0.717) is 12.2 Å². The maximum Gasteiger partial charge on any atom is 0.240 e. The lowest BCUT2D eigenvalue weighted by molar-refractivity contribution is 0.830. The van der Waals surface area contributed by atoms with Crippen molar-refractivity contribution in [1.82, 2.24) is 14.9 Å². The molecule has 1 heterocycles. The minimum atomic E-state index is 0.232. The lowest BCUT2D eigenvalue weighted by Gasteiger charge is -2.08. The van der Waals surface area contributed by atoms with Crippen molar-refractivity contribution in [3.05, 3.63) is 35.7 Å². The number of benzene rings is 1. The van der Waals surface area contributed by atoms with Crippen LogP contribution in [-0.4, -0.2) is 21.4 Å². The molecule has 0 aliphatic heterocycles. The lowest BCUT2D eigenvalue weighted by Crippen LogP contribution is -2.18. The van der Waals surface area contributed by atoms with Gasteiger partial charge >= 0.3 is 0 Å². The molecule has 6 heteroatoms. The van der Waals surface area contributed by atoms with Gasteiger partial charge in [-0.25, -0.2) is 4.68 Å². The Labute approximate surface area is 99.6 Å². The fourth-order valence-electron chi connectivity index (χ4n) is 1.59. The van der Waals surface area contributed by atoms with Crippen LogP contribution in [0.3, 0.4) is 0 Å². The lowest BCUT2D eigenvalue weighted by atomic mass is 10.2. The molecule has 0 bridgehead atoms. The summed E-state index contributed by atoms with van der Waals surface area (Å²) in [6, 6.07) is 8.11. The molecule has 0 fully saturated rings. The Kier molecular flexibility index (Phi) is 3.13. The molecule has 90 valence electrons. The molecular formula is C11H16N6. The number of nitrogens with two attached hydrogens (primary N) is 2. The second-order valence-electron chi connectivity index (χ2n) is 3.84. The van der Waals surface area contributed by atoms with Crippen LogP contribution in [0.1, 0.15) is 11.4 Å². The Morgan fingerprint density at radius 1 is 1.29 bits per heavy atom. The average Bonchev–Trinajstić information content (AvgIpc) is 2.63. The fraction of sp³-hybridized carbons (Fsp3) is 0.273. The van der Waals surface area contributed by atoms with Crippen LogP contribution >= 0.6 is 0 Å². The van der Waals surface area contributed by atoms with Gasteiger partial charge in [0.25, 0.3) is 0 Å². The van der Waals surface area contributed by atoms with Crippen LogP contribution in [0.2, 0.25) is 0 Å². The van der Waals surface area contributed by atoms with Crippen LogP contribution in [0.15, 0.2) is 24.3 Å². The summed E-state index contributed by atoms with van der Waals surface area (Å²) in [5, 5.41) is 10.9. The molecule has 0 saturated carbocycles. The first-order valence-electron chi connectivity index (χ1n) is 5.43. The number of anilines is 2. The van der Waals surface area contributed by atoms with Gasteiger partial charge in [0.05, 0.1) is 0 Å².